The van der Waals surface area contributed by atoms with Crippen molar-refractivity contribution in [1.82, 2.24) is 0 Å². The zero-order valence-corrected chi connectivity index (χ0v) is 13.2. The maximum absolute atomic E-state index is 12.2. The highest BCUT2D eigenvalue weighted by Crippen LogP contribution is 2.27. The van der Waals surface area contributed by atoms with Crippen LogP contribution in [-0.2, 0) is 9.59 Å². The molecule has 1 aliphatic rings. The lowest BCUT2D eigenvalue weighted by Gasteiger charge is -2.23. The summed E-state index contributed by atoms with van der Waals surface area (Å²) in [5, 5.41) is 5.59. The molecule has 1 fully saturated rings. The van der Waals surface area contributed by atoms with E-state index < -0.39 is 0 Å². The van der Waals surface area contributed by atoms with Crippen LogP contribution in [0.25, 0.3) is 0 Å². The molecule has 0 unspecified atom stereocenters. The van der Waals surface area contributed by atoms with Gasteiger partial charge in [-0.15, -0.1) is 0 Å². The lowest BCUT2D eigenvalue weighted by atomic mass is 10.1. The Kier molecular flexibility index (Phi) is 5.77. The number of benzene rings is 1. The first-order valence-corrected chi connectivity index (χ1v) is 7.67. The van der Waals surface area contributed by atoms with Gasteiger partial charge in [0.1, 0.15) is 5.75 Å². The highest BCUT2D eigenvalue weighted by Gasteiger charge is 2.18. The molecule has 3 N–H and O–H groups in total. The molecule has 22 heavy (non-hydrogen) atoms. The zero-order valence-electron chi connectivity index (χ0n) is 13.2. The molecule has 6 nitrogen and oxygen atoms in total. The second-order valence-electron chi connectivity index (χ2n) is 5.63. The molecule has 0 aromatic heterocycles. The van der Waals surface area contributed by atoms with E-state index in [4.69, 9.17) is 4.74 Å². The highest BCUT2D eigenvalue weighted by molar-refractivity contribution is 5.95. The number of carbonyl (C=O) groups excluding carboxylic acids is 2. The summed E-state index contributed by atoms with van der Waals surface area (Å²) in [4.78, 5) is 24.7. The van der Waals surface area contributed by atoms with Crippen LogP contribution in [0, 0.1) is 0 Å². The minimum Gasteiger partial charge on any atom is -0.495 e. The highest BCUT2D eigenvalue weighted by atomic mass is 16.5. The van der Waals surface area contributed by atoms with Crippen molar-refractivity contribution in [2.75, 3.05) is 37.4 Å². The number of hydrogen-bond acceptors (Lipinski definition) is 3. The third-order valence-electron chi connectivity index (χ3n) is 3.77. The maximum Gasteiger partial charge on any atom is 0.279 e. The molecule has 0 saturated carbocycles. The lowest BCUT2D eigenvalue weighted by molar-refractivity contribution is -0.896. The fourth-order valence-electron chi connectivity index (χ4n) is 2.74. The number of piperidine rings is 1. The standard InChI is InChI=1S/C16H23N3O3/c1-12(20)17-13-6-7-15(22-2)14(10-13)18-16(21)11-19-8-4-3-5-9-19/h6-7,10H,3-5,8-9,11H2,1-2H3,(H,17,20)(H,18,21)/p+1. The van der Waals surface area contributed by atoms with Gasteiger partial charge in [-0.1, -0.05) is 0 Å². The van der Waals surface area contributed by atoms with Crippen LogP contribution in [0.3, 0.4) is 0 Å². The molecule has 1 saturated heterocycles. The molecule has 0 atom stereocenters. The van der Waals surface area contributed by atoms with Crippen LogP contribution in [0.4, 0.5) is 11.4 Å². The summed E-state index contributed by atoms with van der Waals surface area (Å²) in [5.74, 6) is 0.395. The Morgan fingerprint density at radius 3 is 2.55 bits per heavy atom. The van der Waals surface area contributed by atoms with Crippen molar-refractivity contribution in [3.05, 3.63) is 18.2 Å². The number of rotatable bonds is 5. The normalized spacial score (nSPS) is 15.2. The average Bonchev–Trinajstić information content (AvgIpc) is 2.48. The summed E-state index contributed by atoms with van der Waals surface area (Å²) in [7, 11) is 1.55. The number of amides is 2. The van der Waals surface area contributed by atoms with Gasteiger partial charge in [0.05, 0.1) is 25.9 Å². The van der Waals surface area contributed by atoms with Gasteiger partial charge >= 0.3 is 0 Å². The third kappa shape index (κ3) is 4.73. The van der Waals surface area contributed by atoms with Gasteiger partial charge in [0.25, 0.3) is 5.91 Å². The molecule has 0 radical (unpaired) electrons. The predicted octanol–water partition coefficient (Wildman–Crippen LogP) is 0.661. The number of ether oxygens (including phenoxy) is 1. The smallest absolute Gasteiger partial charge is 0.279 e. The number of carbonyl (C=O) groups is 2. The summed E-state index contributed by atoms with van der Waals surface area (Å²) in [6.45, 7) is 4.02. The Balaban J connectivity index is 2.02. The molecule has 2 amide bonds. The molecule has 6 heteroatoms. The minimum atomic E-state index is -0.153. The van der Waals surface area contributed by atoms with Crippen LogP contribution in [0.15, 0.2) is 18.2 Å². The van der Waals surface area contributed by atoms with Crippen molar-refractivity contribution in [2.45, 2.75) is 26.2 Å². The molecule has 1 aliphatic heterocycles. The molecule has 2 rings (SSSR count). The Morgan fingerprint density at radius 2 is 1.91 bits per heavy atom. The van der Waals surface area contributed by atoms with Crippen LogP contribution >= 0.6 is 0 Å². The van der Waals surface area contributed by atoms with Gasteiger partial charge < -0.3 is 20.3 Å². The van der Waals surface area contributed by atoms with Crippen molar-refractivity contribution < 1.29 is 19.2 Å². The van der Waals surface area contributed by atoms with Crippen LogP contribution in [0.2, 0.25) is 0 Å². The van der Waals surface area contributed by atoms with Crippen LogP contribution in [-0.4, -0.2) is 38.6 Å². The quantitative estimate of drug-likeness (QED) is 0.748. The van der Waals surface area contributed by atoms with E-state index in [9.17, 15) is 9.59 Å². The van der Waals surface area contributed by atoms with E-state index in [1.807, 2.05) is 0 Å². The molecule has 1 aromatic rings. The number of nitrogens with one attached hydrogen (secondary N) is 3. The van der Waals surface area contributed by atoms with Gasteiger partial charge in [0.15, 0.2) is 6.54 Å². The second-order valence-corrected chi connectivity index (χ2v) is 5.63. The van der Waals surface area contributed by atoms with Crippen molar-refractivity contribution in [1.29, 1.82) is 0 Å². The van der Waals surface area contributed by atoms with Gasteiger partial charge in [0.2, 0.25) is 5.91 Å². The van der Waals surface area contributed by atoms with E-state index in [0.717, 1.165) is 13.1 Å². The van der Waals surface area contributed by atoms with Crippen molar-refractivity contribution in [3.63, 3.8) is 0 Å². The number of anilines is 2. The molecule has 1 heterocycles. The average molecular weight is 306 g/mol. The van der Waals surface area contributed by atoms with Crippen molar-refractivity contribution >= 4 is 23.2 Å². The van der Waals surface area contributed by atoms with E-state index in [2.05, 4.69) is 10.6 Å². The molecule has 0 spiro atoms. The fourth-order valence-corrected chi connectivity index (χ4v) is 2.74. The molecular weight excluding hydrogens is 282 g/mol. The monoisotopic (exact) mass is 306 g/mol. The Bertz CT molecular complexity index is 539. The number of methoxy groups -OCH3 is 1. The Hall–Kier alpha value is -2.08. The second kappa shape index (κ2) is 7.79. The number of likely N-dealkylation sites (tertiary alicyclic amines) is 1. The topological polar surface area (TPSA) is 71.9 Å². The summed E-state index contributed by atoms with van der Waals surface area (Å²) in [6, 6.07) is 5.18. The minimum absolute atomic E-state index is 0.0322. The molecule has 0 bridgehead atoms. The van der Waals surface area contributed by atoms with Crippen molar-refractivity contribution in [2.24, 2.45) is 0 Å². The van der Waals surface area contributed by atoms with E-state index in [0.29, 0.717) is 23.7 Å². The molecule has 120 valence electrons. The van der Waals surface area contributed by atoms with E-state index in [-0.39, 0.29) is 11.8 Å². The first-order chi connectivity index (χ1) is 10.6. The van der Waals surface area contributed by atoms with E-state index in [1.165, 1.54) is 31.1 Å². The Labute approximate surface area is 130 Å². The van der Waals surface area contributed by atoms with Gasteiger partial charge in [-0.05, 0) is 37.5 Å². The zero-order chi connectivity index (χ0) is 15.9. The summed E-state index contributed by atoms with van der Waals surface area (Å²) >= 11 is 0. The SMILES string of the molecule is COc1ccc(NC(C)=O)cc1NC(=O)C[NH+]1CCCCC1. The van der Waals surface area contributed by atoms with Gasteiger partial charge in [-0.3, -0.25) is 9.59 Å². The van der Waals surface area contributed by atoms with E-state index >= 15 is 0 Å². The van der Waals surface area contributed by atoms with Crippen LogP contribution in [0.1, 0.15) is 26.2 Å². The summed E-state index contributed by atoms with van der Waals surface area (Å²) in [5.41, 5.74) is 1.21. The third-order valence-corrected chi connectivity index (χ3v) is 3.77. The lowest BCUT2D eigenvalue weighted by Crippen LogP contribution is -3.13. The van der Waals surface area contributed by atoms with Gasteiger partial charge in [0, 0.05) is 12.6 Å². The maximum atomic E-state index is 12.2. The van der Waals surface area contributed by atoms with Gasteiger partial charge in [-0.2, -0.15) is 0 Å². The predicted molar refractivity (Wildman–Crippen MR) is 85.3 cm³/mol. The first-order valence-electron chi connectivity index (χ1n) is 7.67. The number of quaternary nitrogens is 1. The fraction of sp³-hybridized carbons (Fsp3) is 0.500. The largest absolute Gasteiger partial charge is 0.495 e. The van der Waals surface area contributed by atoms with Crippen molar-refractivity contribution in [3.8, 4) is 5.75 Å². The molecule has 1 aromatic carbocycles. The molecular formula is C16H24N3O3+. The van der Waals surface area contributed by atoms with E-state index in [1.54, 1.807) is 25.3 Å². The molecule has 0 aliphatic carbocycles. The van der Waals surface area contributed by atoms with Gasteiger partial charge in [-0.25, -0.2) is 0 Å². The van der Waals surface area contributed by atoms with Crippen LogP contribution < -0.4 is 20.3 Å². The number of hydrogen-bond donors (Lipinski definition) is 3. The first kappa shape index (κ1) is 16.3. The Morgan fingerprint density at radius 1 is 1.18 bits per heavy atom. The summed E-state index contributed by atoms with van der Waals surface area (Å²) in [6.07, 6.45) is 3.63. The summed E-state index contributed by atoms with van der Waals surface area (Å²) < 4.78 is 5.26. The van der Waals surface area contributed by atoms with Crippen LogP contribution in [0.5, 0.6) is 5.75 Å².